The van der Waals surface area contributed by atoms with E-state index in [1.165, 1.54) is 7.11 Å². The number of anilines is 1. The van der Waals surface area contributed by atoms with Crippen molar-refractivity contribution in [1.82, 2.24) is 4.90 Å². The smallest absolute Gasteiger partial charge is 0.328 e. The highest BCUT2D eigenvalue weighted by molar-refractivity contribution is 6.12. The van der Waals surface area contributed by atoms with Gasteiger partial charge in [-0.25, -0.2) is 4.79 Å². The van der Waals surface area contributed by atoms with Crippen molar-refractivity contribution >= 4 is 29.4 Å². The van der Waals surface area contributed by atoms with Crippen LogP contribution in [-0.2, 0) is 27.3 Å². The Morgan fingerprint density at radius 3 is 2.06 bits per heavy atom. The summed E-state index contributed by atoms with van der Waals surface area (Å²) in [4.78, 5) is 41.0. The fraction of sp³-hybridized carbons (Fsp3) is 0.167. The number of nitrogens with one attached hydrogen (secondary N) is 1. The van der Waals surface area contributed by atoms with Crippen LogP contribution in [0.3, 0.4) is 0 Å². The molecule has 0 spiro atoms. The predicted octanol–water partition coefficient (Wildman–Crippen LogP) is 7.62. The standard InChI is InChI=1S/C42H40N2O5/c1-48-42(47)39(43-38-21-12-11-20-37(38)41(46)35-18-9-4-10-19-35)30-33-22-25-36(26-23-33)49-29-13-28-44(31-34-16-7-3-8-17-34)40(45)27-24-32-14-5-2-6-15-32/h2-12,14-27,39,43H,13,28-31H2,1H3. The molecule has 0 heterocycles. The van der Waals surface area contributed by atoms with Crippen molar-refractivity contribution in [1.29, 1.82) is 0 Å². The summed E-state index contributed by atoms with van der Waals surface area (Å²) < 4.78 is 11.1. The number of esters is 1. The average molecular weight is 653 g/mol. The van der Waals surface area contributed by atoms with Gasteiger partial charge in [0.2, 0.25) is 5.91 Å². The second-order valence-electron chi connectivity index (χ2n) is 11.5. The van der Waals surface area contributed by atoms with Crippen molar-refractivity contribution < 1.29 is 23.9 Å². The first-order valence-electron chi connectivity index (χ1n) is 16.3. The Bertz CT molecular complexity index is 1820. The number of benzene rings is 5. The lowest BCUT2D eigenvalue weighted by Crippen LogP contribution is -2.33. The molecule has 0 fully saturated rings. The van der Waals surface area contributed by atoms with Gasteiger partial charge < -0.3 is 19.7 Å². The van der Waals surface area contributed by atoms with Gasteiger partial charge in [0.1, 0.15) is 11.8 Å². The molecule has 7 heteroatoms. The third-order valence-electron chi connectivity index (χ3n) is 7.97. The van der Waals surface area contributed by atoms with Crippen LogP contribution in [0.5, 0.6) is 5.75 Å². The second kappa shape index (κ2) is 17.8. The number of rotatable bonds is 16. The van der Waals surface area contributed by atoms with Crippen molar-refractivity contribution in [3.05, 3.63) is 173 Å². The average Bonchev–Trinajstić information content (AvgIpc) is 3.16. The van der Waals surface area contributed by atoms with Crippen LogP contribution in [0.2, 0.25) is 0 Å². The number of carbonyl (C=O) groups is 3. The minimum absolute atomic E-state index is 0.0575. The molecule has 0 aliphatic heterocycles. The van der Waals surface area contributed by atoms with E-state index in [2.05, 4.69) is 5.32 Å². The number of methoxy groups -OCH3 is 1. The number of amides is 1. The summed E-state index contributed by atoms with van der Waals surface area (Å²) in [6, 6.07) is 42.7. The first kappa shape index (κ1) is 34.4. The van der Waals surface area contributed by atoms with Crippen molar-refractivity contribution in [2.75, 3.05) is 25.6 Å². The minimum Gasteiger partial charge on any atom is -0.494 e. The maximum atomic E-state index is 13.2. The quantitative estimate of drug-likeness (QED) is 0.0511. The van der Waals surface area contributed by atoms with Crippen LogP contribution in [-0.4, -0.2) is 48.9 Å². The maximum absolute atomic E-state index is 13.2. The molecule has 5 aromatic carbocycles. The Kier molecular flexibility index (Phi) is 12.5. The lowest BCUT2D eigenvalue weighted by Gasteiger charge is -2.22. The Labute approximate surface area is 287 Å². The molecule has 0 saturated heterocycles. The first-order chi connectivity index (χ1) is 24.0. The van der Waals surface area contributed by atoms with Gasteiger partial charge in [-0.2, -0.15) is 0 Å². The highest BCUT2D eigenvalue weighted by atomic mass is 16.5. The fourth-order valence-corrected chi connectivity index (χ4v) is 5.39. The molecule has 0 aliphatic rings. The predicted molar refractivity (Wildman–Crippen MR) is 193 cm³/mol. The molecule has 49 heavy (non-hydrogen) atoms. The summed E-state index contributed by atoms with van der Waals surface area (Å²) in [7, 11) is 1.35. The number of ketones is 1. The molecule has 0 bridgehead atoms. The number of hydrogen-bond donors (Lipinski definition) is 1. The highest BCUT2D eigenvalue weighted by Gasteiger charge is 2.23. The van der Waals surface area contributed by atoms with Crippen molar-refractivity contribution in [3.8, 4) is 5.75 Å². The van der Waals surface area contributed by atoms with E-state index in [9.17, 15) is 14.4 Å². The first-order valence-corrected chi connectivity index (χ1v) is 16.3. The molecular weight excluding hydrogens is 612 g/mol. The lowest BCUT2D eigenvalue weighted by molar-refractivity contribution is -0.141. The van der Waals surface area contributed by atoms with Crippen LogP contribution >= 0.6 is 0 Å². The van der Waals surface area contributed by atoms with E-state index < -0.39 is 12.0 Å². The zero-order valence-electron chi connectivity index (χ0n) is 27.5. The zero-order chi connectivity index (χ0) is 34.3. The van der Waals surface area contributed by atoms with Crippen LogP contribution in [0, 0.1) is 0 Å². The van der Waals surface area contributed by atoms with Crippen LogP contribution in [0.15, 0.2) is 146 Å². The van der Waals surface area contributed by atoms with Gasteiger partial charge in [-0.3, -0.25) is 9.59 Å². The van der Waals surface area contributed by atoms with Gasteiger partial charge in [-0.15, -0.1) is 0 Å². The Hall–Kier alpha value is -5.95. The number of carbonyl (C=O) groups excluding carboxylic acids is 3. The van der Waals surface area contributed by atoms with E-state index in [0.29, 0.717) is 55.1 Å². The molecule has 1 atom stereocenters. The molecule has 0 saturated carbocycles. The Morgan fingerprint density at radius 2 is 1.37 bits per heavy atom. The third kappa shape index (κ3) is 10.3. The maximum Gasteiger partial charge on any atom is 0.328 e. The molecule has 1 N–H and O–H groups in total. The van der Waals surface area contributed by atoms with Gasteiger partial charge >= 0.3 is 5.97 Å². The van der Waals surface area contributed by atoms with Crippen LogP contribution < -0.4 is 10.1 Å². The van der Waals surface area contributed by atoms with E-state index in [1.807, 2.05) is 120 Å². The summed E-state index contributed by atoms with van der Waals surface area (Å²) >= 11 is 0. The monoisotopic (exact) mass is 652 g/mol. The summed E-state index contributed by atoms with van der Waals surface area (Å²) in [5, 5.41) is 3.25. The van der Waals surface area contributed by atoms with Gasteiger partial charge in [0.15, 0.2) is 5.78 Å². The number of nitrogens with zero attached hydrogens (tertiary/aromatic N) is 1. The van der Waals surface area contributed by atoms with Crippen LogP contribution in [0.4, 0.5) is 5.69 Å². The van der Waals surface area contributed by atoms with Crippen molar-refractivity contribution in [2.45, 2.75) is 25.4 Å². The van der Waals surface area contributed by atoms with Gasteiger partial charge in [-0.1, -0.05) is 115 Å². The SMILES string of the molecule is COC(=O)C(Cc1ccc(OCCCN(Cc2ccccc2)C(=O)C=Cc2ccccc2)cc1)Nc1ccccc1C(=O)c1ccccc1. The molecule has 7 nitrogen and oxygen atoms in total. The zero-order valence-corrected chi connectivity index (χ0v) is 27.5. The molecule has 5 rings (SSSR count). The third-order valence-corrected chi connectivity index (χ3v) is 7.97. The van der Waals surface area contributed by atoms with E-state index in [0.717, 1.165) is 16.7 Å². The summed E-state index contributed by atoms with van der Waals surface area (Å²) in [6.45, 7) is 1.47. The molecular formula is C42H40N2O5. The Morgan fingerprint density at radius 1 is 0.735 bits per heavy atom. The van der Waals surface area contributed by atoms with E-state index in [4.69, 9.17) is 9.47 Å². The molecule has 1 amide bonds. The molecule has 0 radical (unpaired) electrons. The lowest BCUT2D eigenvalue weighted by atomic mass is 10.00. The minimum atomic E-state index is -0.717. The van der Waals surface area contributed by atoms with Crippen molar-refractivity contribution in [3.63, 3.8) is 0 Å². The summed E-state index contributed by atoms with van der Waals surface area (Å²) in [6.07, 6.45) is 4.44. The molecule has 0 aliphatic carbocycles. The highest BCUT2D eigenvalue weighted by Crippen LogP contribution is 2.22. The van der Waals surface area contributed by atoms with E-state index in [1.54, 1.807) is 36.4 Å². The number of ether oxygens (including phenoxy) is 2. The normalized spacial score (nSPS) is 11.4. The van der Waals surface area contributed by atoms with E-state index in [-0.39, 0.29) is 11.7 Å². The molecule has 248 valence electrons. The molecule has 5 aromatic rings. The molecule has 0 aromatic heterocycles. The van der Waals surface area contributed by atoms with Gasteiger partial charge in [0.05, 0.1) is 13.7 Å². The van der Waals surface area contributed by atoms with Crippen LogP contribution in [0.25, 0.3) is 6.08 Å². The Balaban J connectivity index is 1.17. The summed E-state index contributed by atoms with van der Waals surface area (Å²) in [5.41, 5.74) is 4.53. The molecule has 1 unspecified atom stereocenters. The van der Waals surface area contributed by atoms with Crippen LogP contribution in [0.1, 0.15) is 39.0 Å². The van der Waals surface area contributed by atoms with Gasteiger partial charge in [0, 0.05) is 42.4 Å². The van der Waals surface area contributed by atoms with Gasteiger partial charge in [-0.05, 0) is 53.5 Å². The van der Waals surface area contributed by atoms with Gasteiger partial charge in [0.25, 0.3) is 0 Å². The fourth-order valence-electron chi connectivity index (χ4n) is 5.39. The second-order valence-corrected chi connectivity index (χ2v) is 11.5. The largest absolute Gasteiger partial charge is 0.494 e. The van der Waals surface area contributed by atoms with Crippen molar-refractivity contribution in [2.24, 2.45) is 0 Å². The van der Waals surface area contributed by atoms with E-state index >= 15 is 0 Å². The number of para-hydroxylation sites is 1. The summed E-state index contributed by atoms with van der Waals surface area (Å²) in [5.74, 6) is 0.0634. The number of hydrogen-bond acceptors (Lipinski definition) is 6. The topological polar surface area (TPSA) is 84.9 Å².